The van der Waals surface area contributed by atoms with Gasteiger partial charge in [-0.15, -0.1) is 5.10 Å². The van der Waals surface area contributed by atoms with Crippen LogP contribution < -0.4 is 0 Å². The molecule has 2 aliphatic rings. The number of aliphatic hydroxyl groups excluding tert-OH is 1. The van der Waals surface area contributed by atoms with E-state index in [0.717, 1.165) is 30.8 Å². The van der Waals surface area contributed by atoms with Gasteiger partial charge in [-0.1, -0.05) is 17.3 Å². The SMILES string of the molecule is O=C(CCc1cccnc1)N1C[C@H]2C[C@@H](n3cc(-c4ccccn4)nn3)[C@H](O)C[C@H]2C1. The summed E-state index contributed by atoms with van der Waals surface area (Å²) in [7, 11) is 0. The molecule has 0 radical (unpaired) electrons. The zero-order valence-corrected chi connectivity index (χ0v) is 17.3. The molecular formula is C23H26N6O2. The summed E-state index contributed by atoms with van der Waals surface area (Å²) in [4.78, 5) is 23.2. The van der Waals surface area contributed by atoms with Gasteiger partial charge >= 0.3 is 0 Å². The van der Waals surface area contributed by atoms with Crippen molar-refractivity contribution in [1.29, 1.82) is 0 Å². The average Bonchev–Trinajstić information content (AvgIpc) is 3.45. The van der Waals surface area contributed by atoms with Gasteiger partial charge in [-0.25, -0.2) is 4.68 Å². The fourth-order valence-electron chi connectivity index (χ4n) is 4.92. The van der Waals surface area contributed by atoms with Gasteiger partial charge in [-0.05, 0) is 54.9 Å². The first-order chi connectivity index (χ1) is 15.2. The van der Waals surface area contributed by atoms with Crippen LogP contribution in [-0.4, -0.2) is 60.1 Å². The third kappa shape index (κ3) is 4.20. The van der Waals surface area contributed by atoms with Crippen LogP contribution in [-0.2, 0) is 11.2 Å². The summed E-state index contributed by atoms with van der Waals surface area (Å²) in [6, 6.07) is 9.45. The normalized spacial score (nSPS) is 25.4. The van der Waals surface area contributed by atoms with E-state index in [1.165, 1.54) is 0 Å². The highest BCUT2D eigenvalue weighted by Crippen LogP contribution is 2.41. The molecule has 2 fully saturated rings. The number of hydrogen-bond donors (Lipinski definition) is 1. The molecule has 4 atom stereocenters. The predicted molar refractivity (Wildman–Crippen MR) is 114 cm³/mol. The van der Waals surface area contributed by atoms with Gasteiger partial charge in [0.25, 0.3) is 0 Å². The van der Waals surface area contributed by atoms with E-state index in [1.807, 2.05) is 47.6 Å². The van der Waals surface area contributed by atoms with Crippen molar-refractivity contribution in [2.45, 2.75) is 37.8 Å². The van der Waals surface area contributed by atoms with E-state index in [2.05, 4.69) is 20.3 Å². The van der Waals surface area contributed by atoms with E-state index in [4.69, 9.17) is 0 Å². The third-order valence-electron chi connectivity index (χ3n) is 6.59. The highest BCUT2D eigenvalue weighted by Gasteiger charge is 2.43. The summed E-state index contributed by atoms with van der Waals surface area (Å²) in [5, 5.41) is 19.3. The number of carbonyl (C=O) groups excluding carboxylic acids is 1. The molecule has 1 aliphatic heterocycles. The fraction of sp³-hybridized carbons (Fsp3) is 0.435. The van der Waals surface area contributed by atoms with Crippen LogP contribution >= 0.6 is 0 Å². The van der Waals surface area contributed by atoms with Gasteiger partial charge in [-0.3, -0.25) is 14.8 Å². The lowest BCUT2D eigenvalue weighted by molar-refractivity contribution is -0.130. The number of aryl methyl sites for hydroxylation is 1. The maximum atomic E-state index is 12.8. The largest absolute Gasteiger partial charge is 0.391 e. The van der Waals surface area contributed by atoms with E-state index in [1.54, 1.807) is 17.1 Å². The molecular weight excluding hydrogens is 392 g/mol. The lowest BCUT2D eigenvalue weighted by atomic mass is 9.77. The second kappa shape index (κ2) is 8.55. The number of amides is 1. The molecule has 160 valence electrons. The van der Waals surface area contributed by atoms with Crippen LogP contribution in [0.4, 0.5) is 0 Å². The molecule has 5 rings (SSSR count). The summed E-state index contributed by atoms with van der Waals surface area (Å²) < 4.78 is 1.78. The van der Waals surface area contributed by atoms with Crippen molar-refractivity contribution >= 4 is 5.91 Å². The van der Waals surface area contributed by atoms with Crippen LogP contribution in [0.1, 0.15) is 30.9 Å². The molecule has 1 saturated carbocycles. The van der Waals surface area contributed by atoms with Crippen LogP contribution in [0.3, 0.4) is 0 Å². The molecule has 1 aliphatic carbocycles. The van der Waals surface area contributed by atoms with E-state index in [-0.39, 0.29) is 11.9 Å². The molecule has 3 aromatic rings. The van der Waals surface area contributed by atoms with Crippen molar-refractivity contribution in [3.05, 3.63) is 60.7 Å². The van der Waals surface area contributed by atoms with Crippen molar-refractivity contribution in [3.63, 3.8) is 0 Å². The van der Waals surface area contributed by atoms with E-state index in [0.29, 0.717) is 36.8 Å². The highest BCUT2D eigenvalue weighted by atomic mass is 16.3. The number of nitrogens with zero attached hydrogens (tertiary/aromatic N) is 6. The second-order valence-corrected chi connectivity index (χ2v) is 8.59. The Morgan fingerprint density at radius 2 is 1.94 bits per heavy atom. The van der Waals surface area contributed by atoms with E-state index >= 15 is 0 Å². The van der Waals surface area contributed by atoms with Crippen LogP contribution in [0.5, 0.6) is 0 Å². The zero-order chi connectivity index (χ0) is 21.2. The fourth-order valence-corrected chi connectivity index (χ4v) is 4.92. The maximum Gasteiger partial charge on any atom is 0.222 e. The van der Waals surface area contributed by atoms with E-state index < -0.39 is 6.10 Å². The van der Waals surface area contributed by atoms with Crippen LogP contribution in [0.25, 0.3) is 11.4 Å². The lowest BCUT2D eigenvalue weighted by Gasteiger charge is -2.34. The number of pyridine rings is 2. The predicted octanol–water partition coefficient (Wildman–Crippen LogP) is 2.14. The minimum absolute atomic E-state index is 0.128. The van der Waals surface area contributed by atoms with Crippen molar-refractivity contribution < 1.29 is 9.90 Å². The second-order valence-electron chi connectivity index (χ2n) is 8.59. The smallest absolute Gasteiger partial charge is 0.222 e. The molecule has 0 unspecified atom stereocenters. The number of hydrogen-bond acceptors (Lipinski definition) is 6. The van der Waals surface area contributed by atoms with Gasteiger partial charge in [-0.2, -0.15) is 0 Å². The Morgan fingerprint density at radius 1 is 1.06 bits per heavy atom. The Hall–Kier alpha value is -3.13. The summed E-state index contributed by atoms with van der Waals surface area (Å²) in [6.07, 6.45) is 9.33. The molecule has 0 spiro atoms. The summed E-state index contributed by atoms with van der Waals surface area (Å²) in [6.45, 7) is 1.48. The van der Waals surface area contributed by atoms with Gasteiger partial charge in [0.15, 0.2) is 0 Å². The van der Waals surface area contributed by atoms with Crippen molar-refractivity contribution in [3.8, 4) is 11.4 Å². The number of aliphatic hydroxyl groups is 1. The standard InChI is InChI=1S/C23H26N6O2/c30-22-11-18-14-28(23(31)7-6-16-4-3-8-24-12-16)13-17(18)10-21(22)29-15-20(26-27-29)19-5-1-2-9-25-19/h1-5,8-9,12,15,17-18,21-22,30H,6-7,10-11,13-14H2/t17-,18+,21-,22-/m1/s1. The minimum Gasteiger partial charge on any atom is -0.391 e. The van der Waals surface area contributed by atoms with Gasteiger partial charge in [0.1, 0.15) is 5.69 Å². The summed E-state index contributed by atoms with van der Waals surface area (Å²) in [5.41, 5.74) is 2.55. The number of likely N-dealkylation sites (tertiary alicyclic amines) is 1. The number of carbonyl (C=O) groups is 1. The Kier molecular flexibility index (Phi) is 5.46. The Balaban J connectivity index is 1.22. The highest BCUT2D eigenvalue weighted by molar-refractivity contribution is 5.76. The van der Waals surface area contributed by atoms with E-state index in [9.17, 15) is 9.90 Å². The van der Waals surface area contributed by atoms with Gasteiger partial charge in [0, 0.05) is 38.1 Å². The first-order valence-corrected chi connectivity index (χ1v) is 10.9. The zero-order valence-electron chi connectivity index (χ0n) is 17.3. The summed E-state index contributed by atoms with van der Waals surface area (Å²) in [5.74, 6) is 0.896. The van der Waals surface area contributed by atoms with Crippen molar-refractivity contribution in [1.82, 2.24) is 29.9 Å². The molecule has 31 heavy (non-hydrogen) atoms. The summed E-state index contributed by atoms with van der Waals surface area (Å²) >= 11 is 0. The van der Waals surface area contributed by atoms with Crippen LogP contribution in [0, 0.1) is 11.8 Å². The molecule has 8 heteroatoms. The van der Waals surface area contributed by atoms with Crippen molar-refractivity contribution in [2.24, 2.45) is 11.8 Å². The topological polar surface area (TPSA) is 97.0 Å². The van der Waals surface area contributed by atoms with Gasteiger partial charge in [0.05, 0.1) is 24.0 Å². The van der Waals surface area contributed by atoms with Crippen LogP contribution in [0.2, 0.25) is 0 Å². The van der Waals surface area contributed by atoms with Gasteiger partial charge < -0.3 is 10.0 Å². The third-order valence-corrected chi connectivity index (χ3v) is 6.59. The average molecular weight is 419 g/mol. The molecule has 0 bridgehead atoms. The first kappa shape index (κ1) is 19.8. The monoisotopic (exact) mass is 418 g/mol. The minimum atomic E-state index is -0.495. The van der Waals surface area contributed by atoms with Crippen molar-refractivity contribution in [2.75, 3.05) is 13.1 Å². The maximum absolute atomic E-state index is 12.8. The Bertz CT molecular complexity index is 1020. The number of fused-ring (bicyclic) bond motifs is 1. The Labute approximate surface area is 180 Å². The van der Waals surface area contributed by atoms with Crippen LogP contribution in [0.15, 0.2) is 55.1 Å². The quantitative estimate of drug-likeness (QED) is 0.682. The Morgan fingerprint density at radius 3 is 2.71 bits per heavy atom. The number of rotatable bonds is 5. The molecule has 8 nitrogen and oxygen atoms in total. The first-order valence-electron chi connectivity index (χ1n) is 10.9. The molecule has 1 N–H and O–H groups in total. The molecule has 3 aromatic heterocycles. The molecule has 1 saturated heterocycles. The lowest BCUT2D eigenvalue weighted by Crippen LogP contribution is -2.36. The molecule has 1 amide bonds. The van der Waals surface area contributed by atoms with Gasteiger partial charge in [0.2, 0.25) is 5.91 Å². The number of aromatic nitrogens is 5. The molecule has 0 aromatic carbocycles. The molecule has 4 heterocycles.